The largest absolute Gasteiger partial charge is 0.479 e. The molecule has 1 unspecified atom stereocenters. The van der Waals surface area contributed by atoms with Gasteiger partial charge in [0.1, 0.15) is 5.75 Å². The molecule has 8 heteroatoms. The number of anilines is 2. The minimum atomic E-state index is -0.540. The molecule has 4 rings (SSSR count). The molecule has 0 spiro atoms. The van der Waals surface area contributed by atoms with E-state index in [0.717, 1.165) is 18.4 Å². The summed E-state index contributed by atoms with van der Waals surface area (Å²) in [5.74, 6) is 0.503. The molecule has 1 atom stereocenters. The zero-order chi connectivity index (χ0) is 19.1. The number of amides is 3. The lowest BCUT2D eigenvalue weighted by atomic mass is 10.2. The lowest BCUT2D eigenvalue weighted by Crippen LogP contribution is -2.42. The van der Waals surface area contributed by atoms with Gasteiger partial charge in [0.15, 0.2) is 6.10 Å². The molecule has 1 aliphatic carbocycles. The SMILES string of the molecule is CC1Oc2cc(NC(=O)N(Cc3cnn(C)c3)C3CC3)ccc2N(C)C1=O. The molecule has 2 aromatic rings. The van der Waals surface area contributed by atoms with Gasteiger partial charge in [-0.15, -0.1) is 0 Å². The summed E-state index contributed by atoms with van der Waals surface area (Å²) in [6.07, 6.45) is 5.20. The molecule has 1 N–H and O–H groups in total. The van der Waals surface area contributed by atoms with Gasteiger partial charge in [-0.1, -0.05) is 0 Å². The number of nitrogens with one attached hydrogen (secondary N) is 1. The molecule has 8 nitrogen and oxygen atoms in total. The van der Waals surface area contributed by atoms with Crippen molar-refractivity contribution in [3.05, 3.63) is 36.2 Å². The van der Waals surface area contributed by atoms with E-state index in [4.69, 9.17) is 4.74 Å². The number of urea groups is 1. The summed E-state index contributed by atoms with van der Waals surface area (Å²) >= 11 is 0. The molecule has 1 saturated carbocycles. The zero-order valence-corrected chi connectivity index (χ0v) is 15.7. The Hall–Kier alpha value is -3.03. The first kappa shape index (κ1) is 17.4. The number of carbonyl (C=O) groups is 2. The fraction of sp³-hybridized carbons (Fsp3) is 0.421. The lowest BCUT2D eigenvalue weighted by molar-refractivity contribution is -0.125. The number of rotatable bonds is 4. The number of ether oxygens (including phenoxy) is 1. The number of aryl methyl sites for hydroxylation is 1. The van der Waals surface area contributed by atoms with Crippen molar-refractivity contribution in [3.8, 4) is 5.75 Å². The van der Waals surface area contributed by atoms with Crippen molar-refractivity contribution in [1.82, 2.24) is 14.7 Å². The van der Waals surface area contributed by atoms with Gasteiger partial charge < -0.3 is 19.9 Å². The van der Waals surface area contributed by atoms with E-state index in [-0.39, 0.29) is 18.0 Å². The third kappa shape index (κ3) is 3.47. The summed E-state index contributed by atoms with van der Waals surface area (Å²) < 4.78 is 7.42. The fourth-order valence-corrected chi connectivity index (χ4v) is 3.29. The molecule has 1 aromatic heterocycles. The van der Waals surface area contributed by atoms with Crippen LogP contribution in [-0.4, -0.2) is 45.8 Å². The van der Waals surface area contributed by atoms with Crippen LogP contribution >= 0.6 is 0 Å². The number of carbonyl (C=O) groups excluding carboxylic acids is 2. The minimum Gasteiger partial charge on any atom is -0.479 e. The standard InChI is InChI=1S/C19H23N5O3/c1-12-18(25)23(3)16-7-4-14(8-17(16)27-12)21-19(26)24(15-5-6-15)11-13-9-20-22(2)10-13/h4,7-10,12,15H,5-6,11H2,1-3H3,(H,21,26). The molecule has 27 heavy (non-hydrogen) atoms. The molecule has 2 aliphatic rings. The Morgan fingerprint density at radius 3 is 2.81 bits per heavy atom. The second-order valence-electron chi connectivity index (χ2n) is 7.15. The maximum atomic E-state index is 12.8. The summed E-state index contributed by atoms with van der Waals surface area (Å²) in [6.45, 7) is 2.25. The van der Waals surface area contributed by atoms with Crippen LogP contribution in [0.1, 0.15) is 25.3 Å². The van der Waals surface area contributed by atoms with Crippen LogP contribution in [0.4, 0.5) is 16.2 Å². The minimum absolute atomic E-state index is 0.0873. The summed E-state index contributed by atoms with van der Waals surface area (Å²) in [5.41, 5.74) is 2.35. The van der Waals surface area contributed by atoms with Crippen LogP contribution in [0.25, 0.3) is 0 Å². The van der Waals surface area contributed by atoms with Gasteiger partial charge in [-0.25, -0.2) is 4.79 Å². The summed E-state index contributed by atoms with van der Waals surface area (Å²) in [7, 11) is 3.59. The van der Waals surface area contributed by atoms with Gasteiger partial charge in [-0.2, -0.15) is 5.10 Å². The zero-order valence-electron chi connectivity index (χ0n) is 15.7. The van der Waals surface area contributed by atoms with Crippen LogP contribution in [-0.2, 0) is 18.4 Å². The van der Waals surface area contributed by atoms with Crippen molar-refractivity contribution in [2.45, 2.75) is 38.5 Å². The van der Waals surface area contributed by atoms with E-state index < -0.39 is 6.10 Å². The number of benzene rings is 1. The van der Waals surface area contributed by atoms with E-state index in [1.165, 1.54) is 0 Å². The first-order valence-electron chi connectivity index (χ1n) is 9.06. The normalized spacial score (nSPS) is 18.7. The number of hydrogen-bond donors (Lipinski definition) is 1. The molecule has 3 amide bonds. The topological polar surface area (TPSA) is 79.7 Å². The third-order valence-electron chi connectivity index (χ3n) is 4.91. The number of nitrogens with zero attached hydrogens (tertiary/aromatic N) is 4. The van der Waals surface area contributed by atoms with Gasteiger partial charge in [-0.3, -0.25) is 9.48 Å². The predicted molar refractivity (Wildman–Crippen MR) is 101 cm³/mol. The number of likely N-dealkylation sites (N-methyl/N-ethyl adjacent to an activating group) is 1. The predicted octanol–water partition coefficient (Wildman–Crippen LogP) is 2.36. The van der Waals surface area contributed by atoms with E-state index in [9.17, 15) is 9.59 Å². The second kappa shape index (κ2) is 6.61. The van der Waals surface area contributed by atoms with Gasteiger partial charge >= 0.3 is 6.03 Å². The average Bonchev–Trinajstić information content (AvgIpc) is 3.39. The molecule has 1 aliphatic heterocycles. The Balaban J connectivity index is 1.50. The highest BCUT2D eigenvalue weighted by Crippen LogP contribution is 2.36. The number of aromatic nitrogens is 2. The van der Waals surface area contributed by atoms with Crippen LogP contribution < -0.4 is 15.0 Å². The van der Waals surface area contributed by atoms with E-state index >= 15 is 0 Å². The maximum Gasteiger partial charge on any atom is 0.322 e. The third-order valence-corrected chi connectivity index (χ3v) is 4.91. The van der Waals surface area contributed by atoms with Gasteiger partial charge in [0.2, 0.25) is 0 Å². The highest BCUT2D eigenvalue weighted by atomic mass is 16.5. The lowest BCUT2D eigenvalue weighted by Gasteiger charge is -2.30. The van der Waals surface area contributed by atoms with Gasteiger partial charge in [0.05, 0.1) is 18.4 Å². The summed E-state index contributed by atoms with van der Waals surface area (Å²) in [4.78, 5) is 28.3. The number of fused-ring (bicyclic) bond motifs is 1. The molecule has 142 valence electrons. The summed E-state index contributed by atoms with van der Waals surface area (Å²) in [6, 6.07) is 5.46. The fourth-order valence-electron chi connectivity index (χ4n) is 3.29. The van der Waals surface area contributed by atoms with E-state index in [1.54, 1.807) is 47.9 Å². The van der Waals surface area contributed by atoms with Crippen molar-refractivity contribution >= 4 is 23.3 Å². The molecule has 0 bridgehead atoms. The van der Waals surface area contributed by atoms with Crippen molar-refractivity contribution in [3.63, 3.8) is 0 Å². The first-order valence-corrected chi connectivity index (χ1v) is 9.06. The van der Waals surface area contributed by atoms with Crippen molar-refractivity contribution < 1.29 is 14.3 Å². The van der Waals surface area contributed by atoms with E-state index in [0.29, 0.717) is 23.7 Å². The van der Waals surface area contributed by atoms with E-state index in [1.807, 2.05) is 18.1 Å². The molecule has 1 fully saturated rings. The van der Waals surface area contributed by atoms with Crippen molar-refractivity contribution in [1.29, 1.82) is 0 Å². The van der Waals surface area contributed by atoms with Gasteiger partial charge in [0, 0.05) is 43.7 Å². The molecular formula is C19H23N5O3. The molecular weight excluding hydrogens is 346 g/mol. The van der Waals surface area contributed by atoms with Gasteiger partial charge in [-0.05, 0) is 31.9 Å². The highest BCUT2D eigenvalue weighted by Gasteiger charge is 2.33. The summed E-state index contributed by atoms with van der Waals surface area (Å²) in [5, 5.41) is 7.13. The Bertz CT molecular complexity index is 889. The maximum absolute atomic E-state index is 12.8. The van der Waals surface area contributed by atoms with Crippen LogP contribution in [0.3, 0.4) is 0 Å². The highest BCUT2D eigenvalue weighted by molar-refractivity contribution is 6.00. The van der Waals surface area contributed by atoms with Gasteiger partial charge in [0.25, 0.3) is 5.91 Å². The smallest absolute Gasteiger partial charge is 0.322 e. The Morgan fingerprint density at radius 2 is 2.15 bits per heavy atom. The quantitative estimate of drug-likeness (QED) is 0.897. The molecule has 0 radical (unpaired) electrons. The molecule has 2 heterocycles. The Labute approximate surface area is 157 Å². The van der Waals surface area contributed by atoms with Crippen LogP contribution in [0, 0.1) is 0 Å². The van der Waals surface area contributed by atoms with Crippen molar-refractivity contribution in [2.24, 2.45) is 7.05 Å². The van der Waals surface area contributed by atoms with Crippen molar-refractivity contribution in [2.75, 3.05) is 17.3 Å². The number of hydrogen-bond acceptors (Lipinski definition) is 4. The monoisotopic (exact) mass is 369 g/mol. The van der Waals surface area contributed by atoms with Crippen LogP contribution in [0.2, 0.25) is 0 Å². The van der Waals surface area contributed by atoms with Crippen LogP contribution in [0.15, 0.2) is 30.6 Å². The molecule has 0 saturated heterocycles. The van der Waals surface area contributed by atoms with E-state index in [2.05, 4.69) is 10.4 Å². The molecule has 1 aromatic carbocycles. The average molecular weight is 369 g/mol. The second-order valence-corrected chi connectivity index (χ2v) is 7.15. The van der Waals surface area contributed by atoms with Crippen LogP contribution in [0.5, 0.6) is 5.75 Å². The Kier molecular flexibility index (Phi) is 4.25. The Morgan fingerprint density at radius 1 is 1.37 bits per heavy atom. The first-order chi connectivity index (χ1) is 12.9.